The molecule has 0 aliphatic heterocycles. The molecule has 17 heteroatoms. The lowest BCUT2D eigenvalue weighted by Crippen LogP contribution is -2.12. The first-order chi connectivity index (χ1) is 22.4. The molecule has 0 radical (unpaired) electrons. The zero-order chi connectivity index (χ0) is 32.1. The van der Waals surface area contributed by atoms with Crippen molar-refractivity contribution in [3.8, 4) is 34.3 Å². The summed E-state index contributed by atoms with van der Waals surface area (Å²) < 4.78 is 34.1. The Morgan fingerprint density at radius 3 is 2.09 bits per heavy atom. The van der Waals surface area contributed by atoms with Gasteiger partial charge in [-0.2, -0.15) is 19.3 Å². The molecule has 14 nitrogen and oxygen atoms in total. The van der Waals surface area contributed by atoms with Crippen LogP contribution in [0.1, 0.15) is 13.8 Å². The van der Waals surface area contributed by atoms with E-state index in [4.69, 9.17) is 47.0 Å². The number of imidazole rings is 1. The molecule has 0 N–H and O–H groups in total. The predicted octanol–water partition coefficient (Wildman–Crippen LogP) is 5.91. The van der Waals surface area contributed by atoms with Crippen LogP contribution in [-0.2, 0) is 24.9 Å². The van der Waals surface area contributed by atoms with E-state index in [-0.39, 0.29) is 18.7 Å². The van der Waals surface area contributed by atoms with E-state index >= 15 is 0 Å². The number of aromatic nitrogens is 10. The lowest BCUT2D eigenvalue weighted by molar-refractivity contribution is 0.132. The molecule has 238 valence electrons. The fourth-order valence-electron chi connectivity index (χ4n) is 4.63. The van der Waals surface area contributed by atoms with Crippen LogP contribution in [0.25, 0.3) is 45.4 Å². The van der Waals surface area contributed by atoms with Crippen molar-refractivity contribution in [3.05, 3.63) is 77.3 Å². The predicted molar refractivity (Wildman–Crippen MR) is 173 cm³/mol. The Balaban J connectivity index is 1.31. The first-order valence-corrected chi connectivity index (χ1v) is 16.9. The zero-order valence-electron chi connectivity index (χ0n) is 24.9. The normalized spacial score (nSPS) is 11.9. The summed E-state index contributed by atoms with van der Waals surface area (Å²) in [6.07, 6.45) is 5.26. The minimum absolute atomic E-state index is 0.151. The average Bonchev–Trinajstić information content (AvgIpc) is 3.81. The Hall–Kier alpha value is -4.04. The van der Waals surface area contributed by atoms with Gasteiger partial charge < -0.3 is 18.4 Å². The van der Waals surface area contributed by atoms with Gasteiger partial charge >= 0.3 is 7.60 Å². The molecule has 6 rings (SSSR count). The minimum atomic E-state index is -3.20. The first kappa shape index (κ1) is 31.9. The lowest BCUT2D eigenvalue weighted by atomic mass is 10.2. The number of benzene rings is 2. The third kappa shape index (κ3) is 7.17. The fraction of sp³-hybridized carbons (Fsp3) is 0.276. The summed E-state index contributed by atoms with van der Waals surface area (Å²) in [5.74, 6) is 0.620. The molecule has 6 aromatic rings. The second kappa shape index (κ2) is 14.2. The third-order valence-corrected chi connectivity index (χ3v) is 9.22. The van der Waals surface area contributed by atoms with Gasteiger partial charge in [0.25, 0.3) is 5.95 Å². The Morgan fingerprint density at radius 1 is 0.826 bits per heavy atom. The highest BCUT2D eigenvalue weighted by atomic mass is 35.5. The summed E-state index contributed by atoms with van der Waals surface area (Å²) in [6, 6.07) is 14.6. The van der Waals surface area contributed by atoms with Crippen molar-refractivity contribution < 1.29 is 18.3 Å². The number of nitrogens with zero attached hydrogens (tertiary/aromatic N) is 10. The Labute approximate surface area is 273 Å². The van der Waals surface area contributed by atoms with Crippen LogP contribution in [0.4, 0.5) is 0 Å². The smallest absolute Gasteiger partial charge is 0.332 e. The molecule has 0 saturated carbocycles. The van der Waals surface area contributed by atoms with Crippen molar-refractivity contribution >= 4 is 42.0 Å². The van der Waals surface area contributed by atoms with E-state index in [1.807, 2.05) is 28.8 Å². The van der Waals surface area contributed by atoms with Crippen LogP contribution in [0, 0.1) is 0 Å². The van der Waals surface area contributed by atoms with Crippen molar-refractivity contribution in [2.75, 3.05) is 32.6 Å². The largest absolute Gasteiger partial charge is 0.379 e. The third-order valence-electron chi connectivity index (χ3n) is 6.72. The van der Waals surface area contributed by atoms with Crippen molar-refractivity contribution in [2.45, 2.75) is 20.4 Å². The van der Waals surface area contributed by atoms with Gasteiger partial charge in [-0.15, -0.1) is 10.2 Å². The second-order valence-electron chi connectivity index (χ2n) is 9.86. The number of rotatable bonds is 14. The summed E-state index contributed by atoms with van der Waals surface area (Å²) in [5.41, 5.74) is 3.78. The standard InChI is InChI=1S/C29H29Cl2N10O4P/c1-3-44-46(42,45-4-2)14-13-43-12-11-39-19-32-26-27(39)33-29(41-18-25(36-38-41)21-8-6-10-23(31)16-21)34-28(26)40-17-24(35-37-40)20-7-5-9-22(30)15-20/h5-10,15-19H,3-4,11-14H2,1-2H3. The van der Waals surface area contributed by atoms with Crippen molar-refractivity contribution in [3.63, 3.8) is 0 Å². The van der Waals surface area contributed by atoms with Crippen molar-refractivity contribution in [1.29, 1.82) is 0 Å². The first-order valence-electron chi connectivity index (χ1n) is 14.4. The maximum atomic E-state index is 12.7. The molecule has 0 aliphatic rings. The van der Waals surface area contributed by atoms with Gasteiger partial charge in [-0.25, -0.2) is 4.98 Å². The zero-order valence-corrected chi connectivity index (χ0v) is 27.3. The molecule has 4 heterocycles. The maximum Gasteiger partial charge on any atom is 0.332 e. The summed E-state index contributed by atoms with van der Waals surface area (Å²) in [6.45, 7) is 5.03. The maximum absolute atomic E-state index is 12.7. The molecule has 0 bridgehead atoms. The van der Waals surface area contributed by atoms with E-state index < -0.39 is 7.60 Å². The molecular formula is C29H29Cl2N10O4P. The number of fused-ring (bicyclic) bond motifs is 1. The Morgan fingerprint density at radius 2 is 1.46 bits per heavy atom. The van der Waals surface area contributed by atoms with Gasteiger partial charge in [0.1, 0.15) is 11.4 Å². The number of halogens is 2. The van der Waals surface area contributed by atoms with Crippen LogP contribution in [0.5, 0.6) is 0 Å². The van der Waals surface area contributed by atoms with Gasteiger partial charge in [0, 0.05) is 27.7 Å². The molecule has 4 aromatic heterocycles. The highest BCUT2D eigenvalue weighted by Crippen LogP contribution is 2.47. The molecule has 0 unspecified atom stereocenters. The molecule has 0 saturated heterocycles. The summed E-state index contributed by atoms with van der Waals surface area (Å²) in [4.78, 5) is 14.2. The minimum Gasteiger partial charge on any atom is -0.379 e. The molecule has 0 aliphatic carbocycles. The molecule has 0 atom stereocenters. The van der Waals surface area contributed by atoms with E-state index in [1.165, 1.54) is 9.36 Å². The number of ether oxygens (including phenoxy) is 1. The van der Waals surface area contributed by atoms with E-state index in [1.54, 1.807) is 56.8 Å². The van der Waals surface area contributed by atoms with Gasteiger partial charge in [-0.1, -0.05) is 57.9 Å². The van der Waals surface area contributed by atoms with Crippen LogP contribution in [0.15, 0.2) is 67.3 Å². The summed E-state index contributed by atoms with van der Waals surface area (Å²) in [7, 11) is -3.20. The Kier molecular flexibility index (Phi) is 9.83. The quantitative estimate of drug-likeness (QED) is 0.0996. The van der Waals surface area contributed by atoms with E-state index in [0.29, 0.717) is 64.8 Å². The van der Waals surface area contributed by atoms with Crippen LogP contribution in [0.3, 0.4) is 0 Å². The van der Waals surface area contributed by atoms with Crippen LogP contribution >= 0.6 is 30.8 Å². The summed E-state index contributed by atoms with van der Waals surface area (Å²) >= 11 is 12.4. The Bertz CT molecular complexity index is 2000. The van der Waals surface area contributed by atoms with E-state index in [2.05, 4.69) is 25.6 Å². The van der Waals surface area contributed by atoms with Crippen LogP contribution < -0.4 is 0 Å². The SMILES string of the molecule is CCOP(=O)(CCOCCn1cnc2c(-n3cc(-c4cccc(Cl)c4)nn3)nc(-n3cc(-c4cccc(Cl)c4)nn3)nc21)OCC. The highest BCUT2D eigenvalue weighted by molar-refractivity contribution is 7.53. The number of hydrogen-bond donors (Lipinski definition) is 0. The molecule has 46 heavy (non-hydrogen) atoms. The van der Waals surface area contributed by atoms with Gasteiger partial charge in [0.15, 0.2) is 17.0 Å². The van der Waals surface area contributed by atoms with Gasteiger partial charge in [0.05, 0.1) is 51.3 Å². The van der Waals surface area contributed by atoms with Gasteiger partial charge in [0.2, 0.25) is 0 Å². The van der Waals surface area contributed by atoms with Crippen LogP contribution in [0.2, 0.25) is 10.0 Å². The summed E-state index contributed by atoms with van der Waals surface area (Å²) in [5, 5.41) is 18.4. The van der Waals surface area contributed by atoms with E-state index in [9.17, 15) is 4.57 Å². The molecule has 2 aromatic carbocycles. The lowest BCUT2D eigenvalue weighted by Gasteiger charge is -2.16. The highest BCUT2D eigenvalue weighted by Gasteiger charge is 2.23. The van der Waals surface area contributed by atoms with Gasteiger partial charge in [-0.3, -0.25) is 4.57 Å². The fourth-order valence-corrected chi connectivity index (χ4v) is 6.49. The molecule has 0 amide bonds. The monoisotopic (exact) mass is 682 g/mol. The molecule has 0 spiro atoms. The number of hydrogen-bond acceptors (Lipinski definition) is 11. The van der Waals surface area contributed by atoms with Gasteiger partial charge in [-0.05, 0) is 38.1 Å². The topological polar surface area (TPSA) is 150 Å². The van der Waals surface area contributed by atoms with E-state index in [0.717, 1.165) is 11.1 Å². The van der Waals surface area contributed by atoms with Crippen LogP contribution in [-0.4, -0.2) is 82.1 Å². The van der Waals surface area contributed by atoms with Crippen molar-refractivity contribution in [2.24, 2.45) is 0 Å². The second-order valence-corrected chi connectivity index (χ2v) is 12.9. The average molecular weight is 683 g/mol. The van der Waals surface area contributed by atoms with Crippen molar-refractivity contribution in [1.82, 2.24) is 49.5 Å². The molecule has 0 fully saturated rings. The molecular weight excluding hydrogens is 654 g/mol.